The first-order chi connectivity index (χ1) is 4.29. The molecule has 1 heterocycles. The van der Waals surface area contributed by atoms with Gasteiger partial charge in [0.25, 0.3) is 0 Å². The third kappa shape index (κ3) is 1.81. The van der Waals surface area contributed by atoms with Gasteiger partial charge in [-0.1, -0.05) is 12.2 Å². The van der Waals surface area contributed by atoms with Crippen LogP contribution in [0.5, 0.6) is 0 Å². The number of allylic oxidation sites excluding steroid dienone is 2. The van der Waals surface area contributed by atoms with Crippen LogP contribution in [0, 0.1) is 0 Å². The van der Waals surface area contributed by atoms with Gasteiger partial charge in [0.1, 0.15) is 0 Å². The van der Waals surface area contributed by atoms with Gasteiger partial charge in [-0.3, -0.25) is 4.72 Å². The summed E-state index contributed by atoms with van der Waals surface area (Å²) in [5, 5.41) is 3.83. The van der Waals surface area contributed by atoms with E-state index in [4.69, 9.17) is 5.73 Å². The molecule has 4 heteroatoms. The normalized spacial score (nSPS) is 18.4. The molecule has 0 aromatic rings. The average molecular weight is 144 g/mol. The van der Waals surface area contributed by atoms with E-state index in [1.54, 1.807) is 0 Å². The predicted molar refractivity (Wildman–Crippen MR) is 40.0 cm³/mol. The van der Waals surface area contributed by atoms with Crippen molar-refractivity contribution in [2.75, 3.05) is 0 Å². The number of amides is 2. The molecule has 3 nitrogen and oxygen atoms in total. The highest BCUT2D eigenvalue weighted by Gasteiger charge is 1.98. The van der Waals surface area contributed by atoms with E-state index in [1.165, 1.54) is 0 Å². The number of carbonyl (C=O) groups is 1. The van der Waals surface area contributed by atoms with Gasteiger partial charge in [-0.05, 0) is 10.8 Å². The number of carbonyl (C=O) groups excluding carboxylic acids is 1. The maximum Gasteiger partial charge on any atom is 0.321 e. The molecule has 0 unspecified atom stereocenters. The summed E-state index contributed by atoms with van der Waals surface area (Å²) >= 11 is -0.570. The first kappa shape index (κ1) is 6.22. The third-order valence-electron chi connectivity index (χ3n) is 0.844. The molecule has 1 aliphatic rings. The van der Waals surface area contributed by atoms with E-state index in [0.717, 1.165) is 0 Å². The summed E-state index contributed by atoms with van der Waals surface area (Å²) in [6.45, 7) is 0. The lowest BCUT2D eigenvalue weighted by Crippen LogP contribution is -2.24. The summed E-state index contributed by atoms with van der Waals surface area (Å²) in [4.78, 5) is 10.2. The molecule has 2 amide bonds. The smallest absolute Gasteiger partial charge is 0.321 e. The van der Waals surface area contributed by atoms with Crippen molar-refractivity contribution in [3.05, 3.63) is 23.0 Å². The van der Waals surface area contributed by atoms with E-state index >= 15 is 0 Å². The first-order valence-corrected chi connectivity index (χ1v) is 3.96. The zero-order chi connectivity index (χ0) is 6.69. The standard InChI is InChI=1S/C5H8N2OS/c6-5(8)7-9-3-1-2-4-9/h1-4,9H,(H3,6,7,8). The number of thiol groups is 1. The largest absolute Gasteiger partial charge is 0.351 e. The minimum atomic E-state index is -0.570. The minimum absolute atomic E-state index is 0.461. The second kappa shape index (κ2) is 2.59. The highest BCUT2D eigenvalue weighted by molar-refractivity contribution is 8.21. The molecular weight excluding hydrogens is 136 g/mol. The highest BCUT2D eigenvalue weighted by atomic mass is 32.2. The zero-order valence-corrected chi connectivity index (χ0v) is 5.64. The monoisotopic (exact) mass is 144 g/mol. The van der Waals surface area contributed by atoms with Crippen molar-refractivity contribution >= 4 is 17.1 Å². The van der Waals surface area contributed by atoms with Gasteiger partial charge in [0.15, 0.2) is 0 Å². The summed E-state index contributed by atoms with van der Waals surface area (Å²) in [5.41, 5.74) is 4.87. The molecule has 0 fully saturated rings. The highest BCUT2D eigenvalue weighted by Crippen LogP contribution is 2.27. The van der Waals surface area contributed by atoms with E-state index in [9.17, 15) is 4.79 Å². The van der Waals surface area contributed by atoms with Gasteiger partial charge in [0.05, 0.1) is 0 Å². The Kier molecular flexibility index (Phi) is 1.79. The van der Waals surface area contributed by atoms with Crippen molar-refractivity contribution in [2.24, 2.45) is 5.73 Å². The summed E-state index contributed by atoms with van der Waals surface area (Å²) < 4.78 is 2.57. The third-order valence-corrected chi connectivity index (χ3v) is 2.31. The molecule has 0 aromatic carbocycles. The van der Waals surface area contributed by atoms with E-state index in [-0.39, 0.29) is 0 Å². The lowest BCUT2D eigenvalue weighted by atomic mass is 10.6. The summed E-state index contributed by atoms with van der Waals surface area (Å²) in [7, 11) is 0. The average Bonchev–Trinajstić information content (AvgIpc) is 2.15. The van der Waals surface area contributed by atoms with E-state index in [0.29, 0.717) is 0 Å². The van der Waals surface area contributed by atoms with Crippen molar-refractivity contribution in [3.63, 3.8) is 0 Å². The number of urea groups is 1. The fourth-order valence-corrected chi connectivity index (χ4v) is 1.61. The Morgan fingerprint density at radius 1 is 1.44 bits per heavy atom. The Bertz CT molecular complexity index is 164. The van der Waals surface area contributed by atoms with Gasteiger partial charge in [0.2, 0.25) is 0 Å². The van der Waals surface area contributed by atoms with E-state index in [1.807, 2.05) is 23.0 Å². The van der Waals surface area contributed by atoms with Crippen LogP contribution >= 0.6 is 11.1 Å². The lowest BCUT2D eigenvalue weighted by Gasteiger charge is -2.08. The van der Waals surface area contributed by atoms with Gasteiger partial charge >= 0.3 is 6.03 Å². The summed E-state index contributed by atoms with van der Waals surface area (Å²) in [6.07, 6.45) is 3.78. The number of hydrogen-bond donors (Lipinski definition) is 3. The zero-order valence-electron chi connectivity index (χ0n) is 4.74. The summed E-state index contributed by atoms with van der Waals surface area (Å²) in [6, 6.07) is -0.461. The maximum atomic E-state index is 10.2. The summed E-state index contributed by atoms with van der Waals surface area (Å²) in [5.74, 6) is 0. The first-order valence-electron chi connectivity index (χ1n) is 2.48. The number of primary amides is 1. The fourth-order valence-electron chi connectivity index (χ4n) is 0.536. The molecule has 0 aliphatic carbocycles. The Labute approximate surface area is 56.1 Å². The van der Waals surface area contributed by atoms with E-state index in [2.05, 4.69) is 4.72 Å². The predicted octanol–water partition coefficient (Wildman–Crippen LogP) is 0.612. The van der Waals surface area contributed by atoms with Gasteiger partial charge in [-0.25, -0.2) is 4.79 Å². The SMILES string of the molecule is NC(=O)N[SH]1C=CC=C1. The Morgan fingerprint density at radius 2 is 2.00 bits per heavy atom. The minimum Gasteiger partial charge on any atom is -0.351 e. The second-order valence-electron chi connectivity index (χ2n) is 1.57. The van der Waals surface area contributed by atoms with Crippen LogP contribution in [0.25, 0.3) is 0 Å². The van der Waals surface area contributed by atoms with Gasteiger partial charge in [0, 0.05) is 0 Å². The molecule has 0 bridgehead atoms. The maximum absolute atomic E-state index is 10.2. The number of nitrogens with two attached hydrogens (primary N) is 1. The molecule has 50 valence electrons. The Hall–Kier alpha value is -0.900. The Balaban J connectivity index is 2.37. The van der Waals surface area contributed by atoms with Crippen LogP contribution < -0.4 is 10.5 Å². The molecule has 0 spiro atoms. The second-order valence-corrected chi connectivity index (χ2v) is 3.20. The van der Waals surface area contributed by atoms with Crippen LogP contribution in [0.3, 0.4) is 0 Å². The van der Waals surface area contributed by atoms with Gasteiger partial charge in [-0.15, -0.1) is 11.1 Å². The van der Waals surface area contributed by atoms with Crippen LogP contribution in [0.2, 0.25) is 0 Å². The number of rotatable bonds is 1. The van der Waals surface area contributed by atoms with Crippen molar-refractivity contribution in [3.8, 4) is 0 Å². The van der Waals surface area contributed by atoms with Crippen LogP contribution in [0.15, 0.2) is 23.0 Å². The van der Waals surface area contributed by atoms with Crippen LogP contribution in [-0.2, 0) is 0 Å². The molecule has 0 atom stereocenters. The molecule has 0 radical (unpaired) electrons. The molecule has 1 rings (SSSR count). The van der Waals surface area contributed by atoms with Crippen LogP contribution in [0.1, 0.15) is 0 Å². The van der Waals surface area contributed by atoms with Crippen LogP contribution in [0.4, 0.5) is 4.79 Å². The number of nitrogens with one attached hydrogen (secondary N) is 1. The molecule has 1 aliphatic heterocycles. The van der Waals surface area contributed by atoms with Crippen molar-refractivity contribution < 1.29 is 4.79 Å². The van der Waals surface area contributed by atoms with Gasteiger partial charge < -0.3 is 5.73 Å². The molecule has 0 saturated heterocycles. The molecule has 0 saturated carbocycles. The molecule has 3 N–H and O–H groups in total. The quantitative estimate of drug-likeness (QED) is 0.464. The Morgan fingerprint density at radius 3 is 2.44 bits per heavy atom. The van der Waals surface area contributed by atoms with Crippen molar-refractivity contribution in [2.45, 2.75) is 0 Å². The fraction of sp³-hybridized carbons (Fsp3) is 0. The molecular formula is C5H8N2OS. The van der Waals surface area contributed by atoms with Crippen molar-refractivity contribution in [1.29, 1.82) is 0 Å². The molecule has 0 aromatic heterocycles. The van der Waals surface area contributed by atoms with E-state index < -0.39 is 17.1 Å². The van der Waals surface area contributed by atoms with Gasteiger partial charge in [-0.2, -0.15) is 0 Å². The van der Waals surface area contributed by atoms with Crippen molar-refractivity contribution in [1.82, 2.24) is 4.72 Å². The molecule has 9 heavy (non-hydrogen) atoms. The topological polar surface area (TPSA) is 55.1 Å². The number of hydrogen-bond acceptors (Lipinski definition) is 1. The lowest BCUT2D eigenvalue weighted by molar-refractivity contribution is 0.254. The van der Waals surface area contributed by atoms with Crippen LogP contribution in [-0.4, -0.2) is 6.03 Å².